The van der Waals surface area contributed by atoms with Crippen LogP contribution >= 0.6 is 11.8 Å². The van der Waals surface area contributed by atoms with Crippen molar-refractivity contribution in [3.05, 3.63) is 23.8 Å². The predicted molar refractivity (Wildman–Crippen MR) is 102 cm³/mol. The molecule has 0 spiro atoms. The number of hydrogen-bond donors (Lipinski definition) is 0. The zero-order valence-electron chi connectivity index (χ0n) is 16.1. The topological polar surface area (TPSA) is 82.4 Å². The van der Waals surface area contributed by atoms with Crippen LogP contribution in [0.3, 0.4) is 0 Å². The van der Waals surface area contributed by atoms with Crippen molar-refractivity contribution in [1.82, 2.24) is 25.1 Å². The highest BCUT2D eigenvalue weighted by Gasteiger charge is 2.22. The fraction of sp³-hybridized carbons (Fsp3) is 0.556. The van der Waals surface area contributed by atoms with E-state index in [1.807, 2.05) is 50.8 Å². The molecular weight excluding hydrogens is 366 g/mol. The van der Waals surface area contributed by atoms with Crippen molar-refractivity contribution in [2.75, 3.05) is 25.5 Å². The maximum Gasteiger partial charge on any atom is 0.233 e. The normalized spacial score (nSPS) is 13.5. The lowest BCUT2D eigenvalue weighted by atomic mass is 10.1. The molecule has 1 aliphatic heterocycles. The molecule has 1 aliphatic rings. The van der Waals surface area contributed by atoms with Gasteiger partial charge in [-0.1, -0.05) is 17.8 Å². The summed E-state index contributed by atoms with van der Waals surface area (Å²) in [5.74, 6) is 1.82. The Balaban J connectivity index is 1.62. The Labute approximate surface area is 163 Å². The van der Waals surface area contributed by atoms with Crippen molar-refractivity contribution >= 4 is 17.7 Å². The first kappa shape index (κ1) is 19.5. The van der Waals surface area contributed by atoms with Gasteiger partial charge in [0.15, 0.2) is 11.5 Å². The number of ether oxygens (including phenoxy) is 2. The molecule has 27 heavy (non-hydrogen) atoms. The summed E-state index contributed by atoms with van der Waals surface area (Å²) in [6.07, 6.45) is 0. The Morgan fingerprint density at radius 2 is 2.00 bits per heavy atom. The summed E-state index contributed by atoms with van der Waals surface area (Å²) >= 11 is 1.36. The van der Waals surface area contributed by atoms with E-state index in [9.17, 15) is 4.79 Å². The van der Waals surface area contributed by atoms with Gasteiger partial charge in [-0.15, -0.1) is 5.10 Å². The summed E-state index contributed by atoms with van der Waals surface area (Å²) < 4.78 is 12.9. The lowest BCUT2D eigenvalue weighted by molar-refractivity contribution is -0.128. The number of tetrazole rings is 1. The monoisotopic (exact) mass is 391 g/mol. The van der Waals surface area contributed by atoms with Crippen molar-refractivity contribution < 1.29 is 14.3 Å². The molecule has 3 rings (SSSR count). The molecule has 1 amide bonds. The van der Waals surface area contributed by atoms with Crippen molar-refractivity contribution in [2.45, 2.75) is 44.9 Å². The highest BCUT2D eigenvalue weighted by molar-refractivity contribution is 7.99. The Hall–Kier alpha value is -2.29. The standard InChI is InChI=1S/C18H25N5O3S/c1-5-22(11-13-6-7-14-15(10-13)26-9-8-25-14)16(24)12-27-17-19-20-21-23(17)18(2,3)4/h6-7,10H,5,8-9,11-12H2,1-4H3. The van der Waals surface area contributed by atoms with E-state index in [4.69, 9.17) is 9.47 Å². The maximum absolute atomic E-state index is 12.7. The summed E-state index contributed by atoms with van der Waals surface area (Å²) in [5.41, 5.74) is 0.781. The third-order valence-electron chi connectivity index (χ3n) is 4.12. The molecule has 0 saturated carbocycles. The quantitative estimate of drug-likeness (QED) is 0.699. The maximum atomic E-state index is 12.7. The van der Waals surface area contributed by atoms with E-state index < -0.39 is 0 Å². The van der Waals surface area contributed by atoms with E-state index in [2.05, 4.69) is 15.5 Å². The average molecular weight is 391 g/mol. The summed E-state index contributed by atoms with van der Waals surface area (Å²) in [6, 6.07) is 5.81. The summed E-state index contributed by atoms with van der Waals surface area (Å²) in [5, 5.41) is 12.4. The van der Waals surface area contributed by atoms with Crippen LogP contribution < -0.4 is 9.47 Å². The van der Waals surface area contributed by atoms with Crippen LogP contribution in [0.25, 0.3) is 0 Å². The van der Waals surface area contributed by atoms with Gasteiger partial charge in [-0.3, -0.25) is 4.79 Å². The lowest BCUT2D eigenvalue weighted by Crippen LogP contribution is -2.32. The summed E-state index contributed by atoms with van der Waals surface area (Å²) in [4.78, 5) is 14.5. The number of nitrogens with zero attached hydrogens (tertiary/aromatic N) is 5. The van der Waals surface area contributed by atoms with Crippen LogP contribution in [0.15, 0.2) is 23.4 Å². The smallest absolute Gasteiger partial charge is 0.233 e. The lowest BCUT2D eigenvalue weighted by Gasteiger charge is -2.23. The molecule has 8 nitrogen and oxygen atoms in total. The Bertz CT molecular complexity index is 803. The number of rotatable bonds is 6. The second-order valence-electron chi connectivity index (χ2n) is 7.22. The molecule has 0 saturated heterocycles. The number of carbonyl (C=O) groups is 1. The molecule has 0 N–H and O–H groups in total. The van der Waals surface area contributed by atoms with E-state index in [-0.39, 0.29) is 17.2 Å². The van der Waals surface area contributed by atoms with Gasteiger partial charge >= 0.3 is 0 Å². The molecule has 1 aromatic heterocycles. The predicted octanol–water partition coefficient (Wildman–Crippen LogP) is 2.34. The molecule has 9 heteroatoms. The number of carbonyl (C=O) groups excluding carboxylic acids is 1. The number of fused-ring (bicyclic) bond motifs is 1. The van der Waals surface area contributed by atoms with E-state index >= 15 is 0 Å². The molecule has 1 aromatic carbocycles. The molecule has 0 atom stereocenters. The van der Waals surface area contributed by atoms with Crippen LogP contribution in [0, 0.1) is 0 Å². The van der Waals surface area contributed by atoms with Gasteiger partial charge in [-0.2, -0.15) is 0 Å². The minimum Gasteiger partial charge on any atom is -0.486 e. The van der Waals surface area contributed by atoms with Crippen LogP contribution in [0.5, 0.6) is 11.5 Å². The van der Waals surface area contributed by atoms with Crippen molar-refractivity contribution in [1.29, 1.82) is 0 Å². The Morgan fingerprint density at radius 3 is 2.70 bits per heavy atom. The van der Waals surface area contributed by atoms with Crippen molar-refractivity contribution in [3.63, 3.8) is 0 Å². The number of benzene rings is 1. The number of thioether (sulfide) groups is 1. The van der Waals surface area contributed by atoms with E-state index in [1.54, 1.807) is 4.68 Å². The minimum absolute atomic E-state index is 0.0425. The molecule has 0 fully saturated rings. The van der Waals surface area contributed by atoms with E-state index in [0.717, 1.165) is 17.1 Å². The first-order chi connectivity index (χ1) is 12.9. The van der Waals surface area contributed by atoms with Crippen LogP contribution in [-0.2, 0) is 16.9 Å². The van der Waals surface area contributed by atoms with Gasteiger partial charge < -0.3 is 14.4 Å². The summed E-state index contributed by atoms with van der Waals surface area (Å²) in [6.45, 7) is 10.3. The van der Waals surface area contributed by atoms with Crippen LogP contribution in [0.2, 0.25) is 0 Å². The highest BCUT2D eigenvalue weighted by atomic mass is 32.2. The molecule has 2 aromatic rings. The first-order valence-electron chi connectivity index (χ1n) is 8.96. The summed E-state index contributed by atoms with van der Waals surface area (Å²) in [7, 11) is 0. The van der Waals surface area contributed by atoms with Gasteiger partial charge in [0.05, 0.1) is 11.3 Å². The van der Waals surface area contributed by atoms with Crippen LogP contribution in [0.1, 0.15) is 33.3 Å². The second kappa shape index (κ2) is 8.16. The molecule has 2 heterocycles. The van der Waals surface area contributed by atoms with E-state index in [1.165, 1.54) is 11.8 Å². The minimum atomic E-state index is -0.232. The van der Waals surface area contributed by atoms with E-state index in [0.29, 0.717) is 31.5 Å². The largest absolute Gasteiger partial charge is 0.486 e. The van der Waals surface area contributed by atoms with Gasteiger partial charge in [0, 0.05) is 13.1 Å². The van der Waals surface area contributed by atoms with Crippen LogP contribution in [0.4, 0.5) is 0 Å². The second-order valence-corrected chi connectivity index (χ2v) is 8.16. The number of amides is 1. The Morgan fingerprint density at radius 1 is 1.26 bits per heavy atom. The molecule has 0 bridgehead atoms. The number of aromatic nitrogens is 4. The molecular formula is C18H25N5O3S. The zero-order valence-corrected chi connectivity index (χ0v) is 17.0. The third-order valence-corrected chi connectivity index (χ3v) is 5.02. The van der Waals surface area contributed by atoms with Gasteiger partial charge in [0.25, 0.3) is 0 Å². The third kappa shape index (κ3) is 4.71. The van der Waals surface area contributed by atoms with Gasteiger partial charge in [0.2, 0.25) is 11.1 Å². The van der Waals surface area contributed by atoms with Crippen molar-refractivity contribution in [3.8, 4) is 11.5 Å². The van der Waals surface area contributed by atoms with Gasteiger partial charge in [0.1, 0.15) is 13.2 Å². The zero-order chi connectivity index (χ0) is 19.4. The SMILES string of the molecule is CCN(Cc1ccc2c(c1)OCCO2)C(=O)CSc1nnnn1C(C)(C)C. The van der Waals surface area contributed by atoms with Crippen molar-refractivity contribution in [2.24, 2.45) is 0 Å². The number of hydrogen-bond acceptors (Lipinski definition) is 7. The van der Waals surface area contributed by atoms with Crippen LogP contribution in [-0.4, -0.2) is 56.5 Å². The molecule has 0 radical (unpaired) electrons. The molecule has 146 valence electrons. The Kier molecular flexibility index (Phi) is 5.88. The van der Waals surface area contributed by atoms with Gasteiger partial charge in [-0.05, 0) is 55.8 Å². The fourth-order valence-electron chi connectivity index (χ4n) is 2.69. The molecule has 0 aliphatic carbocycles. The molecule has 0 unspecified atom stereocenters. The van der Waals surface area contributed by atoms with Gasteiger partial charge in [-0.25, -0.2) is 4.68 Å². The average Bonchev–Trinajstić information content (AvgIpc) is 3.13. The highest BCUT2D eigenvalue weighted by Crippen LogP contribution is 2.31. The first-order valence-corrected chi connectivity index (χ1v) is 9.95. The fourth-order valence-corrected chi connectivity index (χ4v) is 3.65.